The topological polar surface area (TPSA) is 71.1 Å². The number of rotatable bonds is 6. The van der Waals surface area contributed by atoms with Gasteiger partial charge in [0.15, 0.2) is 5.69 Å². The van der Waals surface area contributed by atoms with Crippen LogP contribution in [0.1, 0.15) is 39.3 Å². The first-order valence-corrected chi connectivity index (χ1v) is 9.12. The molecule has 0 unspecified atom stereocenters. The summed E-state index contributed by atoms with van der Waals surface area (Å²) in [5.74, 6) is 0.706. The maximum absolute atomic E-state index is 13.4. The number of fused-ring (bicyclic) bond motifs is 1. The third-order valence-corrected chi connectivity index (χ3v) is 4.95. The van der Waals surface area contributed by atoms with E-state index in [0.29, 0.717) is 18.8 Å². The molecule has 4 rings (SSSR count). The molecule has 27 heavy (non-hydrogen) atoms. The monoisotopic (exact) mass is 362 g/mol. The first kappa shape index (κ1) is 17.3. The summed E-state index contributed by atoms with van der Waals surface area (Å²) in [4.78, 5) is 19.3. The number of hydrogen-bond acceptors (Lipinski definition) is 4. The van der Waals surface area contributed by atoms with Crippen LogP contribution in [-0.4, -0.2) is 33.1 Å². The Morgan fingerprint density at radius 1 is 1.19 bits per heavy atom. The molecule has 0 radical (unpaired) electrons. The summed E-state index contributed by atoms with van der Waals surface area (Å²) in [6.45, 7) is 0.908. The van der Waals surface area contributed by atoms with Gasteiger partial charge in [0, 0.05) is 35.8 Å². The van der Waals surface area contributed by atoms with Gasteiger partial charge in [0.05, 0.1) is 13.7 Å². The first-order valence-electron chi connectivity index (χ1n) is 9.12. The van der Waals surface area contributed by atoms with E-state index in [4.69, 9.17) is 4.74 Å². The lowest BCUT2D eigenvalue weighted by Crippen LogP contribution is -2.31. The minimum atomic E-state index is -0.0656. The van der Waals surface area contributed by atoms with Crippen molar-refractivity contribution in [2.75, 3.05) is 7.11 Å². The highest BCUT2D eigenvalue weighted by molar-refractivity contribution is 5.94. The number of methoxy groups -OCH3 is 1. The Morgan fingerprint density at radius 3 is 2.89 bits per heavy atom. The van der Waals surface area contributed by atoms with Gasteiger partial charge >= 0.3 is 0 Å². The predicted octanol–water partition coefficient (Wildman–Crippen LogP) is 3.14. The number of nitrogens with one attached hydrogen (secondary N) is 1. The molecule has 1 amide bonds. The number of hydrogen-bond donors (Lipinski definition) is 1. The van der Waals surface area contributed by atoms with Crippen LogP contribution >= 0.6 is 0 Å². The van der Waals surface area contributed by atoms with Crippen molar-refractivity contribution in [1.29, 1.82) is 0 Å². The lowest BCUT2D eigenvalue weighted by atomic mass is 10.1. The average molecular weight is 362 g/mol. The number of ether oxygens (including phenoxy) is 1. The van der Waals surface area contributed by atoms with E-state index in [1.165, 1.54) is 0 Å². The van der Waals surface area contributed by atoms with Gasteiger partial charge in [-0.15, -0.1) is 0 Å². The summed E-state index contributed by atoms with van der Waals surface area (Å²) < 4.78 is 5.47. The van der Waals surface area contributed by atoms with Crippen molar-refractivity contribution >= 4 is 5.91 Å². The van der Waals surface area contributed by atoms with Crippen LogP contribution in [0.15, 0.2) is 48.8 Å². The molecule has 0 bridgehead atoms. The van der Waals surface area contributed by atoms with Gasteiger partial charge in [-0.2, -0.15) is 5.10 Å². The number of aromatic nitrogens is 3. The van der Waals surface area contributed by atoms with Crippen LogP contribution in [0.4, 0.5) is 0 Å². The second kappa shape index (κ2) is 7.61. The number of benzene rings is 1. The molecule has 6 nitrogen and oxygen atoms in total. The fourth-order valence-corrected chi connectivity index (χ4v) is 3.60. The Labute approximate surface area is 158 Å². The van der Waals surface area contributed by atoms with Gasteiger partial charge in [-0.25, -0.2) is 0 Å². The number of pyridine rings is 1. The molecule has 138 valence electrons. The number of nitrogens with zero attached hydrogens (tertiary/aromatic N) is 3. The summed E-state index contributed by atoms with van der Waals surface area (Å²) in [5.41, 5.74) is 4.65. The molecule has 0 atom stereocenters. The van der Waals surface area contributed by atoms with Crippen molar-refractivity contribution in [1.82, 2.24) is 20.1 Å². The largest absolute Gasteiger partial charge is 0.496 e. The number of carbonyl (C=O) groups is 1. The second-order valence-electron chi connectivity index (χ2n) is 6.72. The van der Waals surface area contributed by atoms with Gasteiger partial charge < -0.3 is 9.64 Å². The van der Waals surface area contributed by atoms with Crippen molar-refractivity contribution < 1.29 is 9.53 Å². The predicted molar refractivity (Wildman–Crippen MR) is 101 cm³/mol. The molecule has 1 aliphatic carbocycles. The summed E-state index contributed by atoms with van der Waals surface area (Å²) >= 11 is 0. The highest BCUT2D eigenvalue weighted by Crippen LogP contribution is 2.26. The number of aryl methyl sites for hydroxylation is 1. The van der Waals surface area contributed by atoms with Crippen molar-refractivity contribution in [2.24, 2.45) is 0 Å². The lowest BCUT2D eigenvalue weighted by Gasteiger charge is -2.23. The van der Waals surface area contributed by atoms with E-state index in [2.05, 4.69) is 15.2 Å². The van der Waals surface area contributed by atoms with E-state index in [1.54, 1.807) is 19.5 Å². The maximum Gasteiger partial charge on any atom is 0.275 e. The number of H-pyrrole nitrogens is 1. The quantitative estimate of drug-likeness (QED) is 0.731. The van der Waals surface area contributed by atoms with Gasteiger partial charge in [0.2, 0.25) is 0 Å². The molecule has 1 N–H and O–H groups in total. The molecule has 3 aromatic rings. The van der Waals surface area contributed by atoms with Gasteiger partial charge in [0.1, 0.15) is 5.75 Å². The van der Waals surface area contributed by atoms with Crippen LogP contribution < -0.4 is 4.74 Å². The molecule has 0 saturated carbocycles. The van der Waals surface area contributed by atoms with Crippen molar-refractivity contribution in [2.45, 2.75) is 32.4 Å². The molecule has 0 fully saturated rings. The van der Waals surface area contributed by atoms with Crippen LogP contribution in [0.3, 0.4) is 0 Å². The van der Waals surface area contributed by atoms with Gasteiger partial charge in [-0.1, -0.05) is 24.3 Å². The normalized spacial score (nSPS) is 12.6. The number of carbonyl (C=O) groups excluding carboxylic acids is 1. The Hall–Kier alpha value is -3.15. The molecule has 2 heterocycles. The highest BCUT2D eigenvalue weighted by Gasteiger charge is 2.27. The minimum Gasteiger partial charge on any atom is -0.496 e. The molecule has 0 saturated heterocycles. The molecule has 1 aliphatic rings. The second-order valence-corrected chi connectivity index (χ2v) is 6.72. The zero-order valence-corrected chi connectivity index (χ0v) is 15.3. The van der Waals surface area contributed by atoms with E-state index in [1.807, 2.05) is 41.3 Å². The lowest BCUT2D eigenvalue weighted by molar-refractivity contribution is 0.0721. The van der Waals surface area contributed by atoms with Crippen molar-refractivity contribution in [3.05, 3.63) is 76.9 Å². The van der Waals surface area contributed by atoms with Crippen LogP contribution in [0.25, 0.3) is 0 Å². The van der Waals surface area contributed by atoms with Gasteiger partial charge in [0.25, 0.3) is 5.91 Å². The fourth-order valence-electron chi connectivity index (χ4n) is 3.60. The fraction of sp³-hybridized carbons (Fsp3) is 0.286. The van der Waals surface area contributed by atoms with E-state index in [-0.39, 0.29) is 5.91 Å². The Morgan fingerprint density at radius 2 is 2.07 bits per heavy atom. The molecular weight excluding hydrogens is 340 g/mol. The zero-order chi connectivity index (χ0) is 18.6. The molecule has 0 spiro atoms. The molecule has 1 aromatic carbocycles. The SMILES string of the molecule is COc1ccccc1CN(Cc1cccnc1)C(=O)c1n[nH]c2c1CCC2. The summed E-state index contributed by atoms with van der Waals surface area (Å²) in [6, 6.07) is 11.6. The Bertz CT molecular complexity index is 936. The summed E-state index contributed by atoms with van der Waals surface area (Å²) in [6.07, 6.45) is 6.46. The Balaban J connectivity index is 1.66. The highest BCUT2D eigenvalue weighted by atomic mass is 16.5. The zero-order valence-electron chi connectivity index (χ0n) is 15.3. The number of para-hydroxylation sites is 1. The van der Waals surface area contributed by atoms with Crippen LogP contribution in [0.2, 0.25) is 0 Å². The molecule has 0 aliphatic heterocycles. The molecule has 6 heteroatoms. The van der Waals surface area contributed by atoms with Crippen LogP contribution in [0.5, 0.6) is 5.75 Å². The van der Waals surface area contributed by atoms with Crippen LogP contribution in [0, 0.1) is 0 Å². The van der Waals surface area contributed by atoms with Crippen LogP contribution in [-0.2, 0) is 25.9 Å². The van der Waals surface area contributed by atoms with E-state index in [9.17, 15) is 4.79 Å². The number of aromatic amines is 1. The third-order valence-electron chi connectivity index (χ3n) is 4.95. The summed E-state index contributed by atoms with van der Waals surface area (Å²) in [5, 5.41) is 7.36. The standard InChI is InChI=1S/C21H22N4O2/c1-27-19-10-3-2-7-16(19)14-25(13-15-6-5-11-22-12-15)21(26)20-17-8-4-9-18(17)23-24-20/h2-3,5-7,10-12H,4,8-9,13-14H2,1H3,(H,23,24). The molecule has 2 aromatic heterocycles. The maximum atomic E-state index is 13.4. The van der Waals surface area contributed by atoms with Gasteiger partial charge in [-0.05, 0) is 37.0 Å². The summed E-state index contributed by atoms with van der Waals surface area (Å²) in [7, 11) is 1.65. The Kier molecular flexibility index (Phi) is 4.87. The number of amides is 1. The van der Waals surface area contributed by atoms with E-state index < -0.39 is 0 Å². The molecular formula is C21H22N4O2. The third kappa shape index (κ3) is 3.56. The van der Waals surface area contributed by atoms with E-state index >= 15 is 0 Å². The van der Waals surface area contributed by atoms with Gasteiger partial charge in [-0.3, -0.25) is 14.9 Å². The average Bonchev–Trinajstić information content (AvgIpc) is 3.32. The smallest absolute Gasteiger partial charge is 0.275 e. The minimum absolute atomic E-state index is 0.0656. The first-order chi connectivity index (χ1) is 13.3. The van der Waals surface area contributed by atoms with E-state index in [0.717, 1.165) is 47.4 Å². The van der Waals surface area contributed by atoms with Crippen molar-refractivity contribution in [3.8, 4) is 5.75 Å². The van der Waals surface area contributed by atoms with Crippen molar-refractivity contribution in [3.63, 3.8) is 0 Å².